The van der Waals surface area contributed by atoms with E-state index in [1.165, 1.54) is 19.1 Å². The number of amides is 1. The molecule has 6 heteroatoms. The van der Waals surface area contributed by atoms with Crippen molar-refractivity contribution in [2.24, 2.45) is 0 Å². The highest BCUT2D eigenvalue weighted by molar-refractivity contribution is 7.89. The fraction of sp³-hybridized carbons (Fsp3) is 0.278. The maximum absolute atomic E-state index is 12.4. The van der Waals surface area contributed by atoms with Crippen LogP contribution in [-0.4, -0.2) is 20.4 Å². The highest BCUT2D eigenvalue weighted by Gasteiger charge is 2.22. The van der Waals surface area contributed by atoms with Crippen molar-refractivity contribution < 1.29 is 13.2 Å². The molecule has 5 nitrogen and oxygen atoms in total. The third-order valence-electron chi connectivity index (χ3n) is 3.77. The molecule has 2 aromatic carbocycles. The molecule has 0 radical (unpaired) electrons. The third kappa shape index (κ3) is 4.21. The summed E-state index contributed by atoms with van der Waals surface area (Å²) in [5.41, 5.74) is 2.71. The topological polar surface area (TPSA) is 75.3 Å². The molecule has 0 unspecified atom stereocenters. The fourth-order valence-electron chi connectivity index (χ4n) is 2.39. The average Bonchev–Trinajstić information content (AvgIpc) is 2.57. The first-order valence-electron chi connectivity index (χ1n) is 7.82. The number of nitrogens with one attached hydrogen (secondary N) is 2. The molecule has 2 aromatic rings. The lowest BCUT2D eigenvalue weighted by atomic mass is 10.1. The molecule has 0 aliphatic heterocycles. The Bertz CT molecular complexity index is 817. The third-order valence-corrected chi connectivity index (χ3v) is 5.32. The lowest BCUT2D eigenvalue weighted by Crippen LogP contribution is -2.41. The van der Waals surface area contributed by atoms with Crippen LogP contribution in [-0.2, 0) is 21.2 Å². The second kappa shape index (κ2) is 7.59. The Morgan fingerprint density at radius 1 is 1.08 bits per heavy atom. The van der Waals surface area contributed by atoms with Gasteiger partial charge in [-0.2, -0.15) is 4.72 Å². The summed E-state index contributed by atoms with van der Waals surface area (Å²) >= 11 is 0. The van der Waals surface area contributed by atoms with Gasteiger partial charge in [0.25, 0.3) is 0 Å². The van der Waals surface area contributed by atoms with Crippen LogP contribution in [0.5, 0.6) is 0 Å². The van der Waals surface area contributed by atoms with Crippen LogP contribution in [0.15, 0.2) is 53.4 Å². The molecule has 0 heterocycles. The monoisotopic (exact) mass is 346 g/mol. The zero-order valence-corrected chi connectivity index (χ0v) is 14.9. The average molecular weight is 346 g/mol. The number of carbonyl (C=O) groups excluding carboxylic acids is 1. The van der Waals surface area contributed by atoms with E-state index in [0.717, 1.165) is 23.2 Å². The first-order chi connectivity index (χ1) is 11.3. The maximum atomic E-state index is 12.4. The first kappa shape index (κ1) is 18.2. The molecular formula is C18H22N2O3S. The minimum absolute atomic E-state index is 0.134. The van der Waals surface area contributed by atoms with Crippen LogP contribution in [0.25, 0.3) is 0 Å². The number of hydrogen-bond acceptors (Lipinski definition) is 3. The van der Waals surface area contributed by atoms with Crippen molar-refractivity contribution in [1.29, 1.82) is 0 Å². The molecule has 1 amide bonds. The Kier molecular flexibility index (Phi) is 5.75. The van der Waals surface area contributed by atoms with E-state index in [9.17, 15) is 13.2 Å². The van der Waals surface area contributed by atoms with E-state index in [1.54, 1.807) is 18.2 Å². The molecule has 1 atom stereocenters. The van der Waals surface area contributed by atoms with E-state index in [4.69, 9.17) is 0 Å². The first-order valence-corrected chi connectivity index (χ1v) is 9.30. The Morgan fingerprint density at radius 2 is 1.75 bits per heavy atom. The molecule has 24 heavy (non-hydrogen) atoms. The van der Waals surface area contributed by atoms with Crippen molar-refractivity contribution in [3.05, 3.63) is 59.7 Å². The molecule has 0 aliphatic carbocycles. The van der Waals surface area contributed by atoms with Crippen LogP contribution in [0, 0.1) is 6.92 Å². The number of rotatable bonds is 6. The molecule has 2 N–H and O–H groups in total. The van der Waals surface area contributed by atoms with Gasteiger partial charge in [0.1, 0.15) is 0 Å². The number of carbonyl (C=O) groups is 1. The van der Waals surface area contributed by atoms with Gasteiger partial charge in [0.15, 0.2) is 0 Å². The molecule has 0 bridgehead atoms. The standard InChI is InChI=1S/C18H22N2O3S/c1-4-15-10-8-9-13(2)17(15)19-18(21)14(3)20-24(22,23)16-11-6-5-7-12-16/h5-12,14,20H,4H2,1-3H3,(H,19,21)/t14-/m0/s1. The van der Waals surface area contributed by atoms with Gasteiger partial charge in [-0.05, 0) is 43.5 Å². The zero-order chi connectivity index (χ0) is 17.7. The summed E-state index contributed by atoms with van der Waals surface area (Å²) in [7, 11) is -3.73. The van der Waals surface area contributed by atoms with E-state index < -0.39 is 22.0 Å². The van der Waals surface area contributed by atoms with E-state index in [1.807, 2.05) is 32.0 Å². The van der Waals surface area contributed by atoms with Gasteiger partial charge in [-0.1, -0.05) is 43.3 Å². The summed E-state index contributed by atoms with van der Waals surface area (Å²) in [6, 6.07) is 12.9. The van der Waals surface area contributed by atoms with Crippen molar-refractivity contribution >= 4 is 21.6 Å². The minimum Gasteiger partial charge on any atom is -0.324 e. The van der Waals surface area contributed by atoms with Crippen molar-refractivity contribution in [2.45, 2.75) is 38.1 Å². The summed E-state index contributed by atoms with van der Waals surface area (Å²) in [5, 5.41) is 2.84. The minimum atomic E-state index is -3.73. The van der Waals surface area contributed by atoms with Crippen molar-refractivity contribution in [1.82, 2.24) is 4.72 Å². The molecule has 0 spiro atoms. The van der Waals surface area contributed by atoms with Crippen molar-refractivity contribution in [2.75, 3.05) is 5.32 Å². The summed E-state index contributed by atoms with van der Waals surface area (Å²) in [6.45, 7) is 5.44. The molecule has 0 saturated heterocycles. The molecule has 0 fully saturated rings. The summed E-state index contributed by atoms with van der Waals surface area (Å²) < 4.78 is 27.0. The van der Waals surface area contributed by atoms with Crippen molar-refractivity contribution in [3.63, 3.8) is 0 Å². The maximum Gasteiger partial charge on any atom is 0.242 e. The molecule has 0 aliphatic rings. The Balaban J connectivity index is 2.14. The quantitative estimate of drug-likeness (QED) is 0.844. The summed E-state index contributed by atoms with van der Waals surface area (Å²) in [4.78, 5) is 12.5. The zero-order valence-electron chi connectivity index (χ0n) is 14.0. The van der Waals surface area contributed by atoms with Crippen LogP contribution in [0.3, 0.4) is 0 Å². The van der Waals surface area contributed by atoms with Gasteiger partial charge >= 0.3 is 0 Å². The normalized spacial score (nSPS) is 12.6. The van der Waals surface area contributed by atoms with Crippen LogP contribution in [0.1, 0.15) is 25.0 Å². The summed E-state index contributed by atoms with van der Waals surface area (Å²) in [5.74, 6) is -0.390. The van der Waals surface area contributed by atoms with Crippen LogP contribution < -0.4 is 10.0 Å². The molecule has 0 aromatic heterocycles. The number of benzene rings is 2. The second-order valence-corrected chi connectivity index (χ2v) is 7.32. The number of aryl methyl sites for hydroxylation is 2. The van der Waals surface area contributed by atoms with Gasteiger partial charge in [0.05, 0.1) is 10.9 Å². The highest BCUT2D eigenvalue weighted by Crippen LogP contribution is 2.21. The lowest BCUT2D eigenvalue weighted by molar-refractivity contribution is -0.117. The number of para-hydroxylation sites is 1. The largest absolute Gasteiger partial charge is 0.324 e. The molecule has 0 saturated carbocycles. The lowest BCUT2D eigenvalue weighted by Gasteiger charge is -2.17. The van der Waals surface area contributed by atoms with Gasteiger partial charge in [-0.25, -0.2) is 8.42 Å². The van der Waals surface area contributed by atoms with E-state index >= 15 is 0 Å². The molecule has 2 rings (SSSR count). The Morgan fingerprint density at radius 3 is 2.38 bits per heavy atom. The summed E-state index contributed by atoms with van der Waals surface area (Å²) in [6.07, 6.45) is 0.779. The number of hydrogen-bond donors (Lipinski definition) is 2. The second-order valence-electron chi connectivity index (χ2n) is 5.61. The van der Waals surface area contributed by atoms with Gasteiger partial charge in [0.2, 0.25) is 15.9 Å². The SMILES string of the molecule is CCc1cccc(C)c1NC(=O)[C@H](C)NS(=O)(=O)c1ccccc1. The van der Waals surface area contributed by atoms with Gasteiger partial charge in [-0.3, -0.25) is 4.79 Å². The number of sulfonamides is 1. The molecule has 128 valence electrons. The van der Waals surface area contributed by atoms with Crippen molar-refractivity contribution in [3.8, 4) is 0 Å². The van der Waals surface area contributed by atoms with Crippen LogP contribution in [0.2, 0.25) is 0 Å². The fourth-order valence-corrected chi connectivity index (χ4v) is 3.61. The van der Waals surface area contributed by atoms with E-state index in [0.29, 0.717) is 0 Å². The van der Waals surface area contributed by atoms with Gasteiger partial charge < -0.3 is 5.32 Å². The van der Waals surface area contributed by atoms with Gasteiger partial charge in [0, 0.05) is 5.69 Å². The smallest absolute Gasteiger partial charge is 0.242 e. The predicted molar refractivity (Wildman–Crippen MR) is 95.4 cm³/mol. The Hall–Kier alpha value is -2.18. The van der Waals surface area contributed by atoms with E-state index in [2.05, 4.69) is 10.0 Å². The highest BCUT2D eigenvalue weighted by atomic mass is 32.2. The molecular weight excluding hydrogens is 324 g/mol. The van der Waals surface area contributed by atoms with Gasteiger partial charge in [-0.15, -0.1) is 0 Å². The van der Waals surface area contributed by atoms with Crippen LogP contribution >= 0.6 is 0 Å². The number of anilines is 1. The van der Waals surface area contributed by atoms with Crippen LogP contribution in [0.4, 0.5) is 5.69 Å². The van der Waals surface area contributed by atoms with E-state index in [-0.39, 0.29) is 4.90 Å². The Labute approximate surface area is 143 Å². The predicted octanol–water partition coefficient (Wildman–Crippen LogP) is 2.86.